The van der Waals surface area contributed by atoms with Gasteiger partial charge in [0.15, 0.2) is 11.6 Å². The minimum Gasteiger partial charge on any atom is -0.353 e. The monoisotopic (exact) mass is 501 g/mol. The van der Waals surface area contributed by atoms with Crippen molar-refractivity contribution in [2.75, 3.05) is 5.75 Å². The molecule has 2 aromatic carbocycles. The van der Waals surface area contributed by atoms with E-state index in [1.807, 2.05) is 0 Å². The third kappa shape index (κ3) is 5.28. The summed E-state index contributed by atoms with van der Waals surface area (Å²) in [7, 11) is 0. The molecule has 0 spiro atoms. The summed E-state index contributed by atoms with van der Waals surface area (Å²) in [5.74, 6) is -1.29. The van der Waals surface area contributed by atoms with Gasteiger partial charge in [0.05, 0.1) is 43.3 Å². The van der Waals surface area contributed by atoms with Gasteiger partial charge in [-0.15, -0.1) is 0 Å². The minimum atomic E-state index is -0.795. The lowest BCUT2D eigenvalue weighted by atomic mass is 9.81. The van der Waals surface area contributed by atoms with E-state index in [0.29, 0.717) is 32.4 Å². The maximum Gasteiger partial charge on any atom is 0.269 e. The topological polar surface area (TPSA) is 113 Å². The van der Waals surface area contributed by atoms with E-state index in [0.717, 1.165) is 11.8 Å². The molecule has 7 nitrogen and oxygen atoms in total. The van der Waals surface area contributed by atoms with Crippen molar-refractivity contribution in [2.24, 2.45) is 0 Å². The number of ketones is 2. The largest absolute Gasteiger partial charge is 0.353 e. The molecule has 1 N–H and O–H groups in total. The highest BCUT2D eigenvalue weighted by Gasteiger charge is 2.34. The second-order valence-corrected chi connectivity index (χ2v) is 9.00. The van der Waals surface area contributed by atoms with Crippen LogP contribution in [0.25, 0.3) is 0 Å². The molecule has 0 aromatic heterocycles. The van der Waals surface area contributed by atoms with Crippen LogP contribution in [0.15, 0.2) is 64.3 Å². The molecule has 1 aliphatic rings. The summed E-state index contributed by atoms with van der Waals surface area (Å²) in [6.45, 7) is 3.07. The van der Waals surface area contributed by atoms with Crippen LogP contribution in [0.1, 0.15) is 35.7 Å². The number of nitrogens with zero attached hydrogens (tertiary/aromatic N) is 2. The highest BCUT2D eigenvalue weighted by atomic mass is 35.5. The van der Waals surface area contributed by atoms with E-state index in [2.05, 4.69) is 11.4 Å². The third-order valence-corrected chi connectivity index (χ3v) is 6.79. The molecule has 1 atom stereocenters. The van der Waals surface area contributed by atoms with Gasteiger partial charge in [-0.3, -0.25) is 19.7 Å². The summed E-state index contributed by atoms with van der Waals surface area (Å²) in [4.78, 5) is 35.9. The van der Waals surface area contributed by atoms with Crippen LogP contribution >= 0.6 is 35.0 Å². The molecular formula is C23H17Cl2N3O4S. The van der Waals surface area contributed by atoms with Gasteiger partial charge in [-0.05, 0) is 37.6 Å². The number of rotatable bonds is 7. The van der Waals surface area contributed by atoms with E-state index in [4.69, 9.17) is 23.2 Å². The molecule has 1 heterocycles. The number of thioether (sulfide) groups is 1. The number of Topliss-reactive ketones (excluding diaryl/α,β-unsaturated/α-hetero) is 2. The van der Waals surface area contributed by atoms with Crippen LogP contribution in [0.2, 0.25) is 10.0 Å². The molecule has 33 heavy (non-hydrogen) atoms. The number of nitro benzene ring substituents is 1. The molecule has 3 rings (SSSR count). The van der Waals surface area contributed by atoms with E-state index >= 15 is 0 Å². The molecule has 0 bridgehead atoms. The number of hydrogen-bond acceptors (Lipinski definition) is 7. The van der Waals surface area contributed by atoms with Crippen molar-refractivity contribution in [3.63, 3.8) is 0 Å². The second-order valence-electron chi connectivity index (χ2n) is 7.20. The quantitative estimate of drug-likeness (QED) is 0.289. The van der Waals surface area contributed by atoms with Crippen molar-refractivity contribution < 1.29 is 14.5 Å². The van der Waals surface area contributed by atoms with Crippen LogP contribution in [-0.2, 0) is 4.79 Å². The summed E-state index contributed by atoms with van der Waals surface area (Å²) < 4.78 is 0. The van der Waals surface area contributed by atoms with Crippen LogP contribution < -0.4 is 5.32 Å². The van der Waals surface area contributed by atoms with Crippen molar-refractivity contribution in [2.45, 2.75) is 19.8 Å². The number of benzene rings is 2. The van der Waals surface area contributed by atoms with Gasteiger partial charge in [0.2, 0.25) is 0 Å². The van der Waals surface area contributed by atoms with Gasteiger partial charge in [-0.1, -0.05) is 47.1 Å². The Bertz CT molecular complexity index is 1280. The highest BCUT2D eigenvalue weighted by molar-refractivity contribution is 8.03. The highest BCUT2D eigenvalue weighted by Crippen LogP contribution is 2.41. The summed E-state index contributed by atoms with van der Waals surface area (Å²) in [6.07, 6.45) is 0. The molecule has 0 saturated heterocycles. The second kappa shape index (κ2) is 10.2. The van der Waals surface area contributed by atoms with Crippen LogP contribution in [0.5, 0.6) is 0 Å². The summed E-state index contributed by atoms with van der Waals surface area (Å²) in [5, 5.41) is 25.3. The molecular weight excluding hydrogens is 485 g/mol. The number of non-ortho nitro benzene ring substituents is 1. The molecule has 0 unspecified atom stereocenters. The zero-order chi connectivity index (χ0) is 24.3. The fourth-order valence-electron chi connectivity index (χ4n) is 3.54. The van der Waals surface area contributed by atoms with Crippen LogP contribution in [0.3, 0.4) is 0 Å². The van der Waals surface area contributed by atoms with E-state index in [9.17, 15) is 25.0 Å². The van der Waals surface area contributed by atoms with Gasteiger partial charge in [-0.2, -0.15) is 5.26 Å². The Hall–Kier alpha value is -3.12. The zero-order valence-electron chi connectivity index (χ0n) is 17.5. The smallest absolute Gasteiger partial charge is 0.269 e. The minimum absolute atomic E-state index is 0.00415. The van der Waals surface area contributed by atoms with Gasteiger partial charge in [0.25, 0.3) is 5.69 Å². The molecule has 2 aromatic rings. The summed E-state index contributed by atoms with van der Waals surface area (Å²) in [6, 6.07) is 12.6. The van der Waals surface area contributed by atoms with Crippen molar-refractivity contribution in [1.82, 2.24) is 5.32 Å². The maximum atomic E-state index is 12.7. The normalized spacial score (nSPS) is 15.7. The lowest BCUT2D eigenvalue weighted by Gasteiger charge is -2.29. The fraction of sp³-hybridized carbons (Fsp3) is 0.174. The van der Waals surface area contributed by atoms with Gasteiger partial charge in [0.1, 0.15) is 0 Å². The number of dihydropyridines is 1. The first kappa shape index (κ1) is 24.5. The molecule has 168 valence electrons. The number of carbonyl (C=O) groups excluding carboxylic acids is 2. The number of carbonyl (C=O) groups is 2. The summed E-state index contributed by atoms with van der Waals surface area (Å²) in [5.41, 5.74) is 1.74. The van der Waals surface area contributed by atoms with Crippen LogP contribution in [-0.4, -0.2) is 22.2 Å². The standard InChI is InChI=1S/C23H17Cl2N3O4S/c1-12-21(13(2)29)22(15-4-3-5-16(8-15)28(31)32)17(10-26)23(27-12)33-11-20(30)14-6-7-18(24)19(25)9-14/h3-9,22,27H,11H2,1-2H3/t22-/m0/s1. The van der Waals surface area contributed by atoms with Gasteiger partial charge < -0.3 is 5.32 Å². The van der Waals surface area contributed by atoms with Crippen molar-refractivity contribution in [3.05, 3.63) is 95.6 Å². The molecule has 0 radical (unpaired) electrons. The van der Waals surface area contributed by atoms with Crippen LogP contribution in [0.4, 0.5) is 5.69 Å². The third-order valence-electron chi connectivity index (χ3n) is 5.03. The zero-order valence-corrected chi connectivity index (χ0v) is 19.8. The fourth-order valence-corrected chi connectivity index (χ4v) is 4.82. The van der Waals surface area contributed by atoms with Gasteiger partial charge in [0, 0.05) is 29.0 Å². The van der Waals surface area contributed by atoms with Gasteiger partial charge in [-0.25, -0.2) is 0 Å². The number of halogens is 2. The van der Waals surface area contributed by atoms with E-state index in [1.165, 1.54) is 37.3 Å². The lowest BCUT2D eigenvalue weighted by molar-refractivity contribution is -0.384. The number of allylic oxidation sites excluding steroid dienone is 3. The first-order valence-corrected chi connectivity index (χ1v) is 11.4. The maximum absolute atomic E-state index is 12.7. The van der Waals surface area contributed by atoms with Gasteiger partial charge >= 0.3 is 0 Å². The molecule has 0 aliphatic carbocycles. The SMILES string of the molecule is CC(=O)C1=C(C)NC(SCC(=O)c2ccc(Cl)c(Cl)c2)=C(C#N)[C@@H]1c1cccc([N+](=O)[O-])c1. The molecule has 1 aliphatic heterocycles. The number of hydrogen-bond donors (Lipinski definition) is 1. The summed E-state index contributed by atoms with van der Waals surface area (Å²) >= 11 is 13.0. The van der Waals surface area contributed by atoms with Crippen LogP contribution in [0, 0.1) is 21.4 Å². The predicted molar refractivity (Wildman–Crippen MR) is 128 cm³/mol. The Kier molecular flexibility index (Phi) is 7.59. The average Bonchev–Trinajstić information content (AvgIpc) is 2.78. The Labute approximate surface area is 204 Å². The van der Waals surface area contributed by atoms with E-state index in [-0.39, 0.29) is 33.6 Å². The van der Waals surface area contributed by atoms with E-state index in [1.54, 1.807) is 19.1 Å². The van der Waals surface area contributed by atoms with Crippen molar-refractivity contribution in [1.29, 1.82) is 5.26 Å². The number of nitro groups is 1. The Morgan fingerprint density at radius 1 is 1.21 bits per heavy atom. The molecule has 0 amide bonds. The first-order valence-electron chi connectivity index (χ1n) is 9.62. The van der Waals surface area contributed by atoms with E-state index < -0.39 is 10.8 Å². The molecule has 0 fully saturated rings. The number of nitriles is 1. The number of nitrogens with one attached hydrogen (secondary N) is 1. The van der Waals surface area contributed by atoms with Crippen molar-refractivity contribution >= 4 is 52.2 Å². The Morgan fingerprint density at radius 2 is 1.94 bits per heavy atom. The Balaban J connectivity index is 1.99. The first-order chi connectivity index (χ1) is 15.6. The average molecular weight is 502 g/mol. The molecule has 10 heteroatoms. The predicted octanol–water partition coefficient (Wildman–Crippen LogP) is 5.80. The molecule has 0 saturated carbocycles. The lowest BCUT2D eigenvalue weighted by Crippen LogP contribution is -2.27. The Morgan fingerprint density at radius 3 is 2.55 bits per heavy atom. The van der Waals surface area contributed by atoms with Crippen molar-refractivity contribution in [3.8, 4) is 6.07 Å².